The highest BCUT2D eigenvalue weighted by Gasteiger charge is 2.18. The van der Waals surface area contributed by atoms with E-state index in [1.54, 1.807) is 17.4 Å². The fourth-order valence-corrected chi connectivity index (χ4v) is 3.13. The maximum atomic E-state index is 12.2. The monoisotopic (exact) mass is 333 g/mol. The van der Waals surface area contributed by atoms with Crippen LogP contribution in [0.4, 0.5) is 10.5 Å². The van der Waals surface area contributed by atoms with Gasteiger partial charge < -0.3 is 20.1 Å². The van der Waals surface area contributed by atoms with E-state index in [0.717, 1.165) is 22.7 Å². The van der Waals surface area contributed by atoms with Crippen LogP contribution in [0.3, 0.4) is 0 Å². The summed E-state index contributed by atoms with van der Waals surface area (Å²) in [4.78, 5) is 16.7. The Hall–Kier alpha value is -2.28. The Balaban J connectivity index is 1.65. The van der Waals surface area contributed by atoms with Gasteiger partial charge in [-0.15, -0.1) is 11.3 Å². The van der Waals surface area contributed by atoms with Crippen LogP contribution in [0.1, 0.15) is 36.2 Å². The minimum Gasteiger partial charge on any atom is -0.454 e. The molecule has 0 fully saturated rings. The first-order valence-corrected chi connectivity index (χ1v) is 8.37. The zero-order valence-corrected chi connectivity index (χ0v) is 14.1. The predicted molar refractivity (Wildman–Crippen MR) is 89.4 cm³/mol. The molecule has 0 aliphatic carbocycles. The summed E-state index contributed by atoms with van der Waals surface area (Å²) in [6.07, 6.45) is 0.903. The Morgan fingerprint density at radius 3 is 2.83 bits per heavy atom. The van der Waals surface area contributed by atoms with Crippen molar-refractivity contribution in [3.63, 3.8) is 0 Å². The zero-order valence-electron chi connectivity index (χ0n) is 13.3. The number of benzene rings is 1. The van der Waals surface area contributed by atoms with Gasteiger partial charge in [-0.3, -0.25) is 0 Å². The van der Waals surface area contributed by atoms with Crippen LogP contribution in [0.5, 0.6) is 11.5 Å². The number of thiazole rings is 1. The van der Waals surface area contributed by atoms with Crippen LogP contribution in [0.25, 0.3) is 0 Å². The number of nitrogens with zero attached hydrogens (tertiary/aromatic N) is 1. The summed E-state index contributed by atoms with van der Waals surface area (Å²) in [5.41, 5.74) is 2.50. The molecule has 0 bridgehead atoms. The summed E-state index contributed by atoms with van der Waals surface area (Å²) in [7, 11) is 0. The maximum absolute atomic E-state index is 12.2. The number of nitrogens with one attached hydrogen (secondary N) is 2. The van der Waals surface area contributed by atoms with Crippen molar-refractivity contribution in [1.82, 2.24) is 10.3 Å². The van der Waals surface area contributed by atoms with Gasteiger partial charge in [-0.05, 0) is 31.9 Å². The lowest BCUT2D eigenvalue weighted by atomic mass is 10.2. The van der Waals surface area contributed by atoms with Gasteiger partial charge in [0.15, 0.2) is 11.5 Å². The molecule has 1 atom stereocenters. The van der Waals surface area contributed by atoms with Crippen LogP contribution < -0.4 is 20.1 Å². The largest absolute Gasteiger partial charge is 0.454 e. The fraction of sp³-hybridized carbons (Fsp3) is 0.375. The first-order chi connectivity index (χ1) is 11.1. The van der Waals surface area contributed by atoms with E-state index in [2.05, 4.69) is 22.5 Å². The molecule has 1 unspecified atom stereocenters. The molecule has 2 N–H and O–H groups in total. The quantitative estimate of drug-likeness (QED) is 0.896. The summed E-state index contributed by atoms with van der Waals surface area (Å²) in [5.74, 6) is 1.35. The highest BCUT2D eigenvalue weighted by molar-refractivity contribution is 7.09. The van der Waals surface area contributed by atoms with Crippen molar-refractivity contribution in [2.75, 3.05) is 12.1 Å². The number of amides is 2. The molecule has 1 aliphatic rings. The average molecular weight is 333 g/mol. The number of anilines is 1. The Morgan fingerprint density at radius 2 is 2.13 bits per heavy atom. The molecule has 0 saturated carbocycles. The van der Waals surface area contributed by atoms with Crippen LogP contribution in [0, 0.1) is 6.92 Å². The number of urea groups is 1. The molecule has 23 heavy (non-hydrogen) atoms. The Bertz CT molecular complexity index is 729. The van der Waals surface area contributed by atoms with E-state index >= 15 is 0 Å². The average Bonchev–Trinajstić information content (AvgIpc) is 3.15. The molecule has 1 aromatic carbocycles. The second-order valence-corrected chi connectivity index (χ2v) is 6.30. The van der Waals surface area contributed by atoms with E-state index in [1.165, 1.54) is 0 Å². The van der Waals surface area contributed by atoms with Gasteiger partial charge in [0.1, 0.15) is 0 Å². The van der Waals surface area contributed by atoms with E-state index in [1.807, 2.05) is 25.3 Å². The van der Waals surface area contributed by atoms with E-state index in [0.29, 0.717) is 17.2 Å². The Kier molecular flexibility index (Phi) is 4.38. The van der Waals surface area contributed by atoms with Crippen molar-refractivity contribution >= 4 is 23.1 Å². The molecular weight excluding hydrogens is 314 g/mol. The molecule has 0 spiro atoms. The van der Waals surface area contributed by atoms with Gasteiger partial charge in [0, 0.05) is 17.1 Å². The lowest BCUT2D eigenvalue weighted by Gasteiger charge is -2.14. The molecule has 0 saturated heterocycles. The number of carbonyl (C=O) groups is 1. The molecule has 2 amide bonds. The van der Waals surface area contributed by atoms with Gasteiger partial charge in [0.25, 0.3) is 0 Å². The fourth-order valence-electron chi connectivity index (χ4n) is 2.29. The van der Waals surface area contributed by atoms with Crippen molar-refractivity contribution in [3.05, 3.63) is 33.8 Å². The van der Waals surface area contributed by atoms with E-state index in [-0.39, 0.29) is 18.9 Å². The minimum atomic E-state index is -0.273. The lowest BCUT2D eigenvalue weighted by Crippen LogP contribution is -2.31. The second-order valence-electron chi connectivity index (χ2n) is 5.36. The van der Waals surface area contributed by atoms with Gasteiger partial charge in [0.2, 0.25) is 6.79 Å². The molecule has 0 radical (unpaired) electrons. The first-order valence-electron chi connectivity index (χ1n) is 7.49. The van der Waals surface area contributed by atoms with Gasteiger partial charge in [-0.1, -0.05) is 6.92 Å². The third kappa shape index (κ3) is 3.39. The smallest absolute Gasteiger partial charge is 0.319 e. The molecule has 1 aliphatic heterocycles. The number of carbonyl (C=O) groups excluding carboxylic acids is 1. The highest BCUT2D eigenvalue weighted by Crippen LogP contribution is 2.36. The van der Waals surface area contributed by atoms with E-state index < -0.39 is 0 Å². The Morgan fingerprint density at radius 1 is 1.39 bits per heavy atom. The molecule has 3 rings (SSSR count). The molecule has 1 aromatic heterocycles. The summed E-state index contributed by atoms with van der Waals surface area (Å²) in [6, 6.07) is 3.21. The molecule has 122 valence electrons. The number of aromatic nitrogens is 1. The number of rotatable bonds is 4. The van der Waals surface area contributed by atoms with Gasteiger partial charge >= 0.3 is 6.03 Å². The lowest BCUT2D eigenvalue weighted by molar-refractivity contribution is 0.174. The number of fused-ring (bicyclic) bond motifs is 1. The standard InChI is InChI=1S/C16H19N3O3S/c1-4-15-18-12(7-23-15)10(3)17-16(20)19-11-6-14-13(5-9(11)2)21-8-22-14/h5-7,10H,4,8H2,1-3H3,(H2,17,19,20). The second kappa shape index (κ2) is 6.45. The van der Waals surface area contributed by atoms with Gasteiger partial charge in [0.05, 0.1) is 16.7 Å². The highest BCUT2D eigenvalue weighted by atomic mass is 32.1. The predicted octanol–water partition coefficient (Wildman–Crippen LogP) is 3.63. The molecule has 2 aromatic rings. The van der Waals surface area contributed by atoms with Gasteiger partial charge in [-0.25, -0.2) is 9.78 Å². The third-order valence-electron chi connectivity index (χ3n) is 3.63. The van der Waals surface area contributed by atoms with Gasteiger partial charge in [-0.2, -0.15) is 0 Å². The van der Waals surface area contributed by atoms with Crippen LogP contribution in [-0.4, -0.2) is 17.8 Å². The maximum Gasteiger partial charge on any atom is 0.319 e. The number of hydrogen-bond acceptors (Lipinski definition) is 5. The van der Waals surface area contributed by atoms with Crippen molar-refractivity contribution in [1.29, 1.82) is 0 Å². The molecule has 6 nitrogen and oxygen atoms in total. The van der Waals surface area contributed by atoms with Crippen LogP contribution in [0.15, 0.2) is 17.5 Å². The van der Waals surface area contributed by atoms with E-state index in [9.17, 15) is 4.79 Å². The minimum absolute atomic E-state index is 0.152. The third-order valence-corrected chi connectivity index (χ3v) is 4.64. The normalized spacial score (nSPS) is 13.7. The molecule has 7 heteroatoms. The zero-order chi connectivity index (χ0) is 16.4. The van der Waals surface area contributed by atoms with Crippen molar-refractivity contribution < 1.29 is 14.3 Å². The summed E-state index contributed by atoms with van der Waals surface area (Å²) >= 11 is 1.61. The number of aryl methyl sites for hydroxylation is 2. The van der Waals surface area contributed by atoms with E-state index in [4.69, 9.17) is 9.47 Å². The van der Waals surface area contributed by atoms with Crippen molar-refractivity contribution in [2.45, 2.75) is 33.2 Å². The van der Waals surface area contributed by atoms with Crippen LogP contribution in [-0.2, 0) is 6.42 Å². The van der Waals surface area contributed by atoms with Crippen molar-refractivity contribution in [2.24, 2.45) is 0 Å². The topological polar surface area (TPSA) is 72.5 Å². The summed E-state index contributed by atoms with van der Waals surface area (Å²) in [6.45, 7) is 6.11. The van der Waals surface area contributed by atoms with Crippen LogP contribution in [0.2, 0.25) is 0 Å². The molecule has 2 heterocycles. The summed E-state index contributed by atoms with van der Waals surface area (Å²) < 4.78 is 10.7. The Labute approximate surface area is 138 Å². The number of hydrogen-bond donors (Lipinski definition) is 2. The van der Waals surface area contributed by atoms with Crippen LogP contribution >= 0.6 is 11.3 Å². The number of ether oxygens (including phenoxy) is 2. The SMILES string of the molecule is CCc1nc(C(C)NC(=O)Nc2cc3c(cc2C)OCO3)cs1. The summed E-state index contributed by atoms with van der Waals surface area (Å²) in [5, 5.41) is 8.80. The molecular formula is C16H19N3O3S. The first kappa shape index (κ1) is 15.6. The van der Waals surface area contributed by atoms with Crippen molar-refractivity contribution in [3.8, 4) is 11.5 Å².